The molecule has 1 saturated heterocycles. The van der Waals surface area contributed by atoms with Gasteiger partial charge < -0.3 is 24.7 Å². The summed E-state index contributed by atoms with van der Waals surface area (Å²) in [4.78, 5) is 29.2. The summed E-state index contributed by atoms with van der Waals surface area (Å²) in [7, 11) is 1.41. The molecule has 1 spiro atoms. The van der Waals surface area contributed by atoms with Gasteiger partial charge in [0, 0.05) is 42.8 Å². The fraction of sp³-hybridized carbons (Fsp3) is 0.310. The minimum absolute atomic E-state index is 0.127. The maximum atomic E-state index is 13.2. The van der Waals surface area contributed by atoms with E-state index in [9.17, 15) is 9.59 Å². The Hall–Kier alpha value is -4.02. The largest absolute Gasteiger partial charge is 0.468 e. The minimum atomic E-state index is -0.266. The van der Waals surface area contributed by atoms with Crippen molar-refractivity contribution < 1.29 is 18.7 Å². The number of amides is 1. The number of ether oxygens (including phenoxy) is 1. The number of fused-ring (bicyclic) bond motifs is 2. The predicted octanol–water partition coefficient (Wildman–Crippen LogP) is 3.31. The van der Waals surface area contributed by atoms with Crippen LogP contribution in [0.5, 0.6) is 0 Å². The number of piperidine rings is 1. The van der Waals surface area contributed by atoms with E-state index in [1.807, 2.05) is 47.4 Å². The predicted molar refractivity (Wildman–Crippen MR) is 137 cm³/mol. The molecule has 3 aromatic rings. The van der Waals surface area contributed by atoms with Gasteiger partial charge in [0.1, 0.15) is 6.54 Å². The van der Waals surface area contributed by atoms with Crippen LogP contribution < -0.4 is 10.6 Å². The fourth-order valence-corrected chi connectivity index (χ4v) is 5.20. The van der Waals surface area contributed by atoms with E-state index in [4.69, 9.17) is 14.9 Å². The number of anilines is 1. The van der Waals surface area contributed by atoms with Crippen LogP contribution in [0.1, 0.15) is 45.8 Å². The number of carbonyl (C=O) groups excluding carboxylic acids is 2. The normalized spacial score (nSPS) is 15.8. The molecule has 1 fully saturated rings. The second-order valence-electron chi connectivity index (χ2n) is 9.34. The van der Waals surface area contributed by atoms with Crippen molar-refractivity contribution in [3.63, 3.8) is 0 Å². The molecule has 1 aromatic heterocycles. The first-order valence-electron chi connectivity index (χ1n) is 12.1. The van der Waals surface area contributed by atoms with E-state index in [2.05, 4.69) is 22.8 Å². The van der Waals surface area contributed by atoms with Gasteiger partial charge in [-0.05, 0) is 60.2 Å². The van der Waals surface area contributed by atoms with Crippen LogP contribution >= 0.6 is 0 Å². The third-order valence-corrected chi connectivity index (χ3v) is 7.18. The van der Waals surface area contributed by atoms with Crippen LogP contribution in [0.15, 0.2) is 65.1 Å². The summed E-state index contributed by atoms with van der Waals surface area (Å²) in [6, 6.07) is 19.3. The molecule has 2 aliphatic heterocycles. The van der Waals surface area contributed by atoms with Gasteiger partial charge in [-0.1, -0.05) is 36.3 Å². The van der Waals surface area contributed by atoms with E-state index in [0.29, 0.717) is 37.7 Å². The number of rotatable bonds is 4. The van der Waals surface area contributed by atoms with Gasteiger partial charge in [0.2, 0.25) is 0 Å². The average molecular weight is 484 g/mol. The molecular weight excluding hydrogens is 454 g/mol. The van der Waals surface area contributed by atoms with Gasteiger partial charge >= 0.3 is 5.97 Å². The third-order valence-electron chi connectivity index (χ3n) is 7.18. The molecule has 36 heavy (non-hydrogen) atoms. The number of furan rings is 1. The Kier molecular flexibility index (Phi) is 6.53. The number of benzene rings is 2. The van der Waals surface area contributed by atoms with Crippen LogP contribution in [-0.4, -0.2) is 50.1 Å². The SMILES string of the molecule is COC(=O)CN1CC2(CCN(C(=O)c3ccc(C#Cc4ccccc4)o3)CC2)c2cc(CN)ccc21. The maximum Gasteiger partial charge on any atom is 0.325 e. The number of nitrogens with zero attached hydrogens (tertiary/aromatic N) is 2. The van der Waals surface area contributed by atoms with Crippen LogP contribution in [-0.2, 0) is 21.5 Å². The summed E-state index contributed by atoms with van der Waals surface area (Å²) >= 11 is 0. The summed E-state index contributed by atoms with van der Waals surface area (Å²) < 4.78 is 10.7. The lowest BCUT2D eigenvalue weighted by Crippen LogP contribution is -2.47. The molecule has 3 heterocycles. The first-order valence-corrected chi connectivity index (χ1v) is 12.1. The molecule has 1 amide bonds. The molecule has 0 aliphatic carbocycles. The Labute approximate surface area is 210 Å². The first kappa shape index (κ1) is 23.7. The van der Waals surface area contributed by atoms with Gasteiger partial charge in [0.15, 0.2) is 11.5 Å². The monoisotopic (exact) mass is 483 g/mol. The molecule has 0 radical (unpaired) electrons. The van der Waals surface area contributed by atoms with Gasteiger partial charge in [0.25, 0.3) is 5.91 Å². The van der Waals surface area contributed by atoms with Crippen molar-refractivity contribution in [3.8, 4) is 11.8 Å². The van der Waals surface area contributed by atoms with Gasteiger partial charge in [-0.25, -0.2) is 0 Å². The van der Waals surface area contributed by atoms with Crippen molar-refractivity contribution in [1.29, 1.82) is 0 Å². The van der Waals surface area contributed by atoms with Crippen LogP contribution in [0.2, 0.25) is 0 Å². The van der Waals surface area contributed by atoms with Gasteiger partial charge in [-0.2, -0.15) is 0 Å². The van der Waals surface area contributed by atoms with Crippen molar-refractivity contribution >= 4 is 17.6 Å². The van der Waals surface area contributed by atoms with E-state index in [-0.39, 0.29) is 23.8 Å². The molecule has 2 aromatic carbocycles. The van der Waals surface area contributed by atoms with Crippen molar-refractivity contribution in [2.75, 3.05) is 38.2 Å². The quantitative estimate of drug-likeness (QED) is 0.453. The highest BCUT2D eigenvalue weighted by Crippen LogP contribution is 2.47. The summed E-state index contributed by atoms with van der Waals surface area (Å²) in [5.41, 5.74) is 9.98. The first-order chi connectivity index (χ1) is 17.5. The Morgan fingerprint density at radius 1 is 1.06 bits per heavy atom. The minimum Gasteiger partial charge on any atom is -0.468 e. The summed E-state index contributed by atoms with van der Waals surface area (Å²) in [6.45, 7) is 2.58. The smallest absolute Gasteiger partial charge is 0.325 e. The number of carbonyl (C=O) groups is 2. The molecule has 7 heteroatoms. The Morgan fingerprint density at radius 3 is 2.56 bits per heavy atom. The molecule has 5 rings (SSSR count). The number of hydrogen-bond acceptors (Lipinski definition) is 6. The summed E-state index contributed by atoms with van der Waals surface area (Å²) in [6.07, 6.45) is 1.58. The summed E-state index contributed by atoms with van der Waals surface area (Å²) in [5.74, 6) is 6.41. The zero-order valence-electron chi connectivity index (χ0n) is 20.3. The highest BCUT2D eigenvalue weighted by Gasteiger charge is 2.46. The van der Waals surface area contributed by atoms with E-state index in [1.165, 1.54) is 12.7 Å². The number of likely N-dealkylation sites (tertiary alicyclic amines) is 1. The van der Waals surface area contributed by atoms with E-state index in [0.717, 1.165) is 29.7 Å². The zero-order chi connectivity index (χ0) is 25.1. The molecule has 7 nitrogen and oxygen atoms in total. The molecule has 2 N–H and O–H groups in total. The van der Waals surface area contributed by atoms with Crippen LogP contribution in [0.25, 0.3) is 0 Å². The van der Waals surface area contributed by atoms with Crippen LogP contribution in [0.4, 0.5) is 5.69 Å². The summed E-state index contributed by atoms with van der Waals surface area (Å²) in [5, 5.41) is 0. The third kappa shape index (κ3) is 4.60. The molecule has 0 saturated carbocycles. The van der Waals surface area contributed by atoms with Crippen molar-refractivity contribution in [1.82, 2.24) is 4.90 Å². The van der Waals surface area contributed by atoms with Crippen molar-refractivity contribution in [2.24, 2.45) is 5.73 Å². The number of esters is 1. The fourth-order valence-electron chi connectivity index (χ4n) is 5.20. The van der Waals surface area contributed by atoms with Gasteiger partial charge in [0.05, 0.1) is 7.11 Å². The lowest BCUT2D eigenvalue weighted by atomic mass is 9.74. The zero-order valence-corrected chi connectivity index (χ0v) is 20.3. The number of hydrogen-bond donors (Lipinski definition) is 1. The van der Waals surface area contributed by atoms with Crippen LogP contribution in [0, 0.1) is 11.8 Å². The van der Waals surface area contributed by atoms with Crippen molar-refractivity contribution in [3.05, 3.63) is 88.9 Å². The highest BCUT2D eigenvalue weighted by molar-refractivity contribution is 5.91. The van der Waals surface area contributed by atoms with Gasteiger partial charge in [-0.15, -0.1) is 0 Å². The molecule has 0 bridgehead atoms. The Balaban J connectivity index is 1.30. The van der Waals surface area contributed by atoms with Crippen molar-refractivity contribution in [2.45, 2.75) is 24.8 Å². The topological polar surface area (TPSA) is 89.0 Å². The molecular formula is C29H29N3O4. The second-order valence-corrected chi connectivity index (χ2v) is 9.34. The molecule has 2 aliphatic rings. The van der Waals surface area contributed by atoms with E-state index < -0.39 is 0 Å². The second kappa shape index (κ2) is 9.92. The van der Waals surface area contributed by atoms with Gasteiger partial charge in [-0.3, -0.25) is 9.59 Å². The average Bonchev–Trinajstić information content (AvgIpc) is 3.51. The van der Waals surface area contributed by atoms with E-state index >= 15 is 0 Å². The number of methoxy groups -OCH3 is 1. The highest BCUT2D eigenvalue weighted by atomic mass is 16.5. The van der Waals surface area contributed by atoms with Crippen LogP contribution in [0.3, 0.4) is 0 Å². The van der Waals surface area contributed by atoms with E-state index in [1.54, 1.807) is 12.1 Å². The number of nitrogens with two attached hydrogens (primary N) is 1. The Bertz CT molecular complexity index is 1330. The maximum absolute atomic E-state index is 13.2. The Morgan fingerprint density at radius 2 is 1.83 bits per heavy atom. The lowest BCUT2D eigenvalue weighted by Gasteiger charge is -2.39. The molecule has 184 valence electrons. The standard InChI is InChI=1S/C29H29N3O4/c1-35-27(33)19-32-20-29(24-17-22(18-30)8-11-25(24)32)13-15-31(16-14-29)28(34)26-12-10-23(36-26)9-7-21-5-3-2-4-6-21/h2-6,8,10-12,17H,13-16,18-20,30H2,1H3. The molecule has 0 unspecified atom stereocenters. The lowest BCUT2D eigenvalue weighted by molar-refractivity contribution is -0.138. The molecule has 0 atom stereocenters.